The molecule has 1 rings (SSSR count). The monoisotopic (exact) mass is 245 g/mol. The fourth-order valence-electron chi connectivity index (χ4n) is 1.60. The molecule has 0 unspecified atom stereocenters. The predicted molar refractivity (Wildman–Crippen MR) is 60.4 cm³/mol. The molecule has 0 amide bonds. The summed E-state index contributed by atoms with van der Waals surface area (Å²) in [6, 6.07) is 3.76. The zero-order chi connectivity index (χ0) is 12.7. The molecular weight excluding hydrogens is 228 g/mol. The molecule has 0 heterocycles. The van der Waals surface area contributed by atoms with Crippen LogP contribution in [0.3, 0.4) is 0 Å². The van der Waals surface area contributed by atoms with E-state index in [1.165, 1.54) is 6.07 Å². The summed E-state index contributed by atoms with van der Waals surface area (Å²) in [5, 5.41) is 17.6. The minimum atomic E-state index is -0.867. The summed E-state index contributed by atoms with van der Waals surface area (Å²) in [6.45, 7) is 1.54. The van der Waals surface area contributed by atoms with Crippen molar-refractivity contribution < 1.29 is 19.0 Å². The lowest BCUT2D eigenvalue weighted by Gasteiger charge is -2.20. The predicted octanol–water partition coefficient (Wildman–Crippen LogP) is 1.14. The van der Waals surface area contributed by atoms with E-state index in [0.717, 1.165) is 12.1 Å². The molecule has 0 bridgehead atoms. The first-order chi connectivity index (χ1) is 8.17. The highest BCUT2D eigenvalue weighted by molar-refractivity contribution is 5.17. The first kappa shape index (κ1) is 14.0. The van der Waals surface area contributed by atoms with E-state index in [4.69, 9.17) is 10.2 Å². The van der Waals surface area contributed by atoms with Gasteiger partial charge < -0.3 is 10.2 Å². The number of aliphatic hydroxyl groups excluding tert-OH is 2. The van der Waals surface area contributed by atoms with Crippen molar-refractivity contribution in [2.45, 2.75) is 13.0 Å². The molecule has 0 aromatic heterocycles. The highest BCUT2D eigenvalue weighted by Gasteiger charge is 2.07. The largest absolute Gasteiger partial charge is 0.396 e. The van der Waals surface area contributed by atoms with E-state index in [1.807, 2.05) is 4.90 Å². The third kappa shape index (κ3) is 4.77. The summed E-state index contributed by atoms with van der Waals surface area (Å²) in [4.78, 5) is 1.88. The summed E-state index contributed by atoms with van der Waals surface area (Å²) >= 11 is 0. The molecule has 0 aliphatic rings. The van der Waals surface area contributed by atoms with Gasteiger partial charge in [-0.05, 0) is 24.1 Å². The van der Waals surface area contributed by atoms with Gasteiger partial charge in [0, 0.05) is 26.2 Å². The van der Waals surface area contributed by atoms with Crippen molar-refractivity contribution in [2.75, 3.05) is 26.3 Å². The first-order valence-corrected chi connectivity index (χ1v) is 5.55. The molecule has 3 nitrogen and oxygen atoms in total. The molecule has 0 saturated heterocycles. The number of hydrogen-bond acceptors (Lipinski definition) is 3. The molecule has 0 atom stereocenters. The molecule has 5 heteroatoms. The SMILES string of the molecule is OCCCN(CCO)Cc1ccc(F)c(F)c1. The van der Waals surface area contributed by atoms with Gasteiger partial charge in [-0.15, -0.1) is 0 Å². The van der Waals surface area contributed by atoms with Crippen LogP contribution in [0.25, 0.3) is 0 Å². The second kappa shape index (κ2) is 7.32. The molecule has 1 aromatic carbocycles. The van der Waals surface area contributed by atoms with Crippen molar-refractivity contribution in [3.63, 3.8) is 0 Å². The van der Waals surface area contributed by atoms with Gasteiger partial charge in [-0.3, -0.25) is 4.90 Å². The standard InChI is InChI=1S/C12H17F2NO2/c13-11-3-2-10(8-12(11)14)9-15(5-7-17)4-1-6-16/h2-3,8,16-17H,1,4-7,9H2. The molecular formula is C12H17F2NO2. The third-order valence-corrected chi connectivity index (χ3v) is 2.44. The lowest BCUT2D eigenvalue weighted by Crippen LogP contribution is -2.28. The lowest BCUT2D eigenvalue weighted by molar-refractivity contribution is 0.174. The van der Waals surface area contributed by atoms with Crippen molar-refractivity contribution in [3.8, 4) is 0 Å². The summed E-state index contributed by atoms with van der Waals surface area (Å²) in [5.41, 5.74) is 0.648. The molecule has 1 aromatic rings. The first-order valence-electron chi connectivity index (χ1n) is 5.55. The maximum atomic E-state index is 13.0. The van der Waals surface area contributed by atoms with E-state index in [9.17, 15) is 8.78 Å². The Bertz CT molecular complexity index is 347. The second-order valence-electron chi connectivity index (χ2n) is 3.83. The van der Waals surface area contributed by atoms with Crippen LogP contribution in [-0.4, -0.2) is 41.4 Å². The maximum Gasteiger partial charge on any atom is 0.159 e. The summed E-state index contributed by atoms with van der Waals surface area (Å²) < 4.78 is 25.7. The van der Waals surface area contributed by atoms with E-state index >= 15 is 0 Å². The van der Waals surface area contributed by atoms with Gasteiger partial charge in [-0.2, -0.15) is 0 Å². The van der Waals surface area contributed by atoms with Gasteiger partial charge in [0.05, 0.1) is 6.61 Å². The van der Waals surface area contributed by atoms with Gasteiger partial charge >= 0.3 is 0 Å². The quantitative estimate of drug-likeness (QED) is 0.757. The summed E-state index contributed by atoms with van der Waals surface area (Å²) in [7, 11) is 0. The highest BCUT2D eigenvalue weighted by atomic mass is 19.2. The van der Waals surface area contributed by atoms with Crippen LogP contribution in [-0.2, 0) is 6.54 Å². The van der Waals surface area contributed by atoms with Crippen LogP contribution in [0.5, 0.6) is 0 Å². The normalized spacial score (nSPS) is 11.1. The second-order valence-corrected chi connectivity index (χ2v) is 3.83. The summed E-state index contributed by atoms with van der Waals surface area (Å²) in [6.07, 6.45) is 0.587. The van der Waals surface area contributed by atoms with Crippen molar-refractivity contribution in [1.82, 2.24) is 4.90 Å². The number of halogens is 2. The molecule has 0 radical (unpaired) electrons. The topological polar surface area (TPSA) is 43.7 Å². The van der Waals surface area contributed by atoms with E-state index in [-0.39, 0.29) is 13.2 Å². The molecule has 0 saturated carbocycles. The van der Waals surface area contributed by atoms with Gasteiger partial charge in [-0.25, -0.2) is 8.78 Å². The Balaban J connectivity index is 2.61. The number of nitrogens with zero attached hydrogens (tertiary/aromatic N) is 1. The number of aliphatic hydroxyl groups is 2. The lowest BCUT2D eigenvalue weighted by atomic mass is 10.2. The Hall–Kier alpha value is -1.04. The van der Waals surface area contributed by atoms with Crippen LogP contribution in [0, 0.1) is 11.6 Å². The minimum absolute atomic E-state index is 0.00486. The molecule has 2 N–H and O–H groups in total. The van der Waals surface area contributed by atoms with Crippen molar-refractivity contribution >= 4 is 0 Å². The van der Waals surface area contributed by atoms with Gasteiger partial charge in [-0.1, -0.05) is 6.07 Å². The number of benzene rings is 1. The van der Waals surface area contributed by atoms with Crippen molar-refractivity contribution in [2.24, 2.45) is 0 Å². The average molecular weight is 245 g/mol. The van der Waals surface area contributed by atoms with Crippen molar-refractivity contribution in [1.29, 1.82) is 0 Å². The molecule has 0 aliphatic carbocycles. The fourth-order valence-corrected chi connectivity index (χ4v) is 1.60. The molecule has 17 heavy (non-hydrogen) atoms. The van der Waals surface area contributed by atoms with Crippen LogP contribution >= 0.6 is 0 Å². The van der Waals surface area contributed by atoms with Crippen LogP contribution in [0.2, 0.25) is 0 Å². The zero-order valence-corrected chi connectivity index (χ0v) is 9.57. The van der Waals surface area contributed by atoms with Crippen LogP contribution in [0.1, 0.15) is 12.0 Å². The fraction of sp³-hybridized carbons (Fsp3) is 0.500. The minimum Gasteiger partial charge on any atom is -0.396 e. The number of hydrogen-bond donors (Lipinski definition) is 2. The van der Waals surface area contributed by atoms with E-state index in [0.29, 0.717) is 31.6 Å². The summed E-state index contributed by atoms with van der Waals surface area (Å²) in [5.74, 6) is -1.73. The number of rotatable bonds is 7. The smallest absolute Gasteiger partial charge is 0.159 e. The Morgan fingerprint density at radius 3 is 2.35 bits per heavy atom. The van der Waals surface area contributed by atoms with Crippen LogP contribution in [0.4, 0.5) is 8.78 Å². The molecule has 0 aliphatic heterocycles. The Labute approximate surface area is 99.3 Å². The zero-order valence-electron chi connectivity index (χ0n) is 9.57. The third-order valence-electron chi connectivity index (χ3n) is 2.44. The molecule has 0 spiro atoms. The molecule has 0 fully saturated rings. The van der Waals surface area contributed by atoms with E-state index in [1.54, 1.807) is 0 Å². The average Bonchev–Trinajstić information content (AvgIpc) is 2.31. The van der Waals surface area contributed by atoms with Gasteiger partial charge in [0.2, 0.25) is 0 Å². The van der Waals surface area contributed by atoms with Gasteiger partial charge in [0.15, 0.2) is 11.6 Å². The van der Waals surface area contributed by atoms with Crippen LogP contribution in [0.15, 0.2) is 18.2 Å². The Morgan fingerprint density at radius 2 is 1.76 bits per heavy atom. The Kier molecular flexibility index (Phi) is 6.04. The van der Waals surface area contributed by atoms with E-state index < -0.39 is 11.6 Å². The highest BCUT2D eigenvalue weighted by Crippen LogP contribution is 2.11. The van der Waals surface area contributed by atoms with Gasteiger partial charge in [0.25, 0.3) is 0 Å². The van der Waals surface area contributed by atoms with Gasteiger partial charge in [0.1, 0.15) is 0 Å². The Morgan fingerprint density at radius 1 is 1.00 bits per heavy atom. The van der Waals surface area contributed by atoms with Crippen molar-refractivity contribution in [3.05, 3.63) is 35.4 Å². The van der Waals surface area contributed by atoms with E-state index in [2.05, 4.69) is 0 Å². The maximum absolute atomic E-state index is 13.0. The molecule has 96 valence electrons. The van der Waals surface area contributed by atoms with Crippen LogP contribution < -0.4 is 0 Å².